The van der Waals surface area contributed by atoms with Gasteiger partial charge >= 0.3 is 0 Å². The van der Waals surface area contributed by atoms with Crippen LogP contribution in [-0.2, 0) is 15.4 Å². The summed E-state index contributed by atoms with van der Waals surface area (Å²) in [4.78, 5) is 2.14. The molecule has 2 atom stereocenters. The SMILES string of the molecule is COC(OC)C1CCN(c2ccc([C@@H]3c4ccc(O)cc4C(F)(F)C[C@@H]3c3ccccc3)c(F)c2)CC1. The second-order valence-electron chi connectivity index (χ2n) is 10.0. The molecule has 0 spiro atoms. The number of fused-ring (bicyclic) bond motifs is 1. The van der Waals surface area contributed by atoms with E-state index >= 15 is 13.2 Å². The Bertz CT molecular complexity index is 1220. The Balaban J connectivity index is 1.49. The Kier molecular flexibility index (Phi) is 7.19. The molecule has 0 saturated carbocycles. The molecule has 3 aromatic carbocycles. The molecular formula is C30H32F3NO3. The van der Waals surface area contributed by atoms with E-state index in [1.807, 2.05) is 36.4 Å². The molecule has 5 rings (SSSR count). The predicted octanol–water partition coefficient (Wildman–Crippen LogP) is 6.78. The van der Waals surface area contributed by atoms with Gasteiger partial charge in [0.25, 0.3) is 5.92 Å². The molecule has 0 unspecified atom stereocenters. The van der Waals surface area contributed by atoms with Gasteiger partial charge in [-0.05, 0) is 53.8 Å². The maximum atomic E-state index is 15.9. The van der Waals surface area contributed by atoms with Crippen molar-refractivity contribution >= 4 is 5.69 Å². The number of benzene rings is 3. The number of aromatic hydroxyl groups is 1. The van der Waals surface area contributed by atoms with E-state index in [2.05, 4.69) is 4.90 Å². The fraction of sp³-hybridized carbons (Fsp3) is 0.400. The highest BCUT2D eigenvalue weighted by molar-refractivity contribution is 5.54. The highest BCUT2D eigenvalue weighted by Crippen LogP contribution is 2.55. The van der Waals surface area contributed by atoms with Gasteiger partial charge in [0, 0.05) is 62.7 Å². The number of hydrogen-bond donors (Lipinski definition) is 1. The van der Waals surface area contributed by atoms with E-state index in [1.165, 1.54) is 18.2 Å². The molecule has 4 nitrogen and oxygen atoms in total. The average Bonchev–Trinajstić information content (AvgIpc) is 2.91. The summed E-state index contributed by atoms with van der Waals surface area (Å²) in [6.07, 6.45) is 1.01. The number of phenols is 1. The third kappa shape index (κ3) is 4.94. The quantitative estimate of drug-likeness (QED) is 0.371. The number of alkyl halides is 2. The largest absolute Gasteiger partial charge is 0.508 e. The van der Waals surface area contributed by atoms with Crippen LogP contribution < -0.4 is 4.90 Å². The van der Waals surface area contributed by atoms with E-state index in [9.17, 15) is 5.11 Å². The van der Waals surface area contributed by atoms with E-state index in [1.54, 1.807) is 20.3 Å². The van der Waals surface area contributed by atoms with Gasteiger partial charge < -0.3 is 19.5 Å². The molecular weight excluding hydrogens is 479 g/mol. The third-order valence-corrected chi connectivity index (χ3v) is 7.95. The first-order valence-electron chi connectivity index (χ1n) is 12.7. The molecule has 0 amide bonds. The topological polar surface area (TPSA) is 41.9 Å². The first-order valence-corrected chi connectivity index (χ1v) is 12.7. The molecule has 1 fully saturated rings. The first kappa shape index (κ1) is 25.6. The summed E-state index contributed by atoms with van der Waals surface area (Å²) in [5.41, 5.74) is 2.01. The van der Waals surface area contributed by atoms with Crippen molar-refractivity contribution in [3.63, 3.8) is 0 Å². The normalized spacial score (nSPS) is 21.7. The van der Waals surface area contributed by atoms with Crippen molar-refractivity contribution in [2.45, 2.75) is 43.3 Å². The molecule has 0 radical (unpaired) electrons. The molecule has 0 bridgehead atoms. The number of nitrogens with zero attached hydrogens (tertiary/aromatic N) is 1. The number of hydrogen-bond acceptors (Lipinski definition) is 4. The lowest BCUT2D eigenvalue weighted by atomic mass is 9.67. The van der Waals surface area contributed by atoms with Crippen LogP contribution in [0.15, 0.2) is 66.7 Å². The number of phenolic OH excluding ortho intramolecular Hbond substituents is 1. The molecule has 196 valence electrons. The fourth-order valence-electron chi connectivity index (χ4n) is 6.12. The van der Waals surface area contributed by atoms with Gasteiger partial charge in [0.05, 0.1) is 0 Å². The predicted molar refractivity (Wildman–Crippen MR) is 137 cm³/mol. The van der Waals surface area contributed by atoms with Crippen molar-refractivity contribution in [3.05, 3.63) is 94.8 Å². The Hall–Kier alpha value is -3.03. The molecule has 3 aromatic rings. The van der Waals surface area contributed by atoms with Crippen molar-refractivity contribution in [2.75, 3.05) is 32.2 Å². The lowest BCUT2D eigenvalue weighted by molar-refractivity contribution is -0.141. The van der Waals surface area contributed by atoms with Crippen LogP contribution in [0.2, 0.25) is 0 Å². The summed E-state index contributed by atoms with van der Waals surface area (Å²) in [5.74, 6) is -4.74. The van der Waals surface area contributed by atoms with E-state index in [0.717, 1.165) is 43.2 Å². The minimum Gasteiger partial charge on any atom is -0.508 e. The monoisotopic (exact) mass is 511 g/mol. The van der Waals surface area contributed by atoms with Gasteiger partial charge in [0.2, 0.25) is 0 Å². The summed E-state index contributed by atoms with van der Waals surface area (Å²) in [6.45, 7) is 1.49. The third-order valence-electron chi connectivity index (χ3n) is 7.95. The molecule has 1 saturated heterocycles. The number of halogens is 3. The lowest BCUT2D eigenvalue weighted by Gasteiger charge is -2.39. The van der Waals surface area contributed by atoms with Gasteiger partial charge in [-0.25, -0.2) is 13.2 Å². The second kappa shape index (κ2) is 10.4. The van der Waals surface area contributed by atoms with Gasteiger partial charge in [0.1, 0.15) is 11.6 Å². The van der Waals surface area contributed by atoms with Gasteiger partial charge in [0.15, 0.2) is 6.29 Å². The van der Waals surface area contributed by atoms with Crippen LogP contribution in [-0.4, -0.2) is 38.7 Å². The molecule has 1 heterocycles. The highest BCUT2D eigenvalue weighted by atomic mass is 19.3. The Morgan fingerprint density at radius 2 is 1.59 bits per heavy atom. The fourth-order valence-corrected chi connectivity index (χ4v) is 6.12. The van der Waals surface area contributed by atoms with Crippen LogP contribution in [0.1, 0.15) is 53.4 Å². The molecule has 37 heavy (non-hydrogen) atoms. The summed E-state index contributed by atoms with van der Waals surface area (Å²) in [5, 5.41) is 9.95. The zero-order valence-corrected chi connectivity index (χ0v) is 21.0. The van der Waals surface area contributed by atoms with Gasteiger partial charge in [-0.1, -0.05) is 42.5 Å². The van der Waals surface area contributed by atoms with E-state index < -0.39 is 30.0 Å². The Morgan fingerprint density at radius 3 is 2.24 bits per heavy atom. The Morgan fingerprint density at radius 1 is 0.919 bits per heavy atom. The highest BCUT2D eigenvalue weighted by Gasteiger charge is 2.47. The number of anilines is 1. The molecule has 2 aliphatic rings. The summed E-state index contributed by atoms with van der Waals surface area (Å²) >= 11 is 0. The number of piperidine rings is 1. The first-order chi connectivity index (χ1) is 17.8. The van der Waals surface area contributed by atoms with Crippen LogP contribution in [0.5, 0.6) is 5.75 Å². The second-order valence-corrected chi connectivity index (χ2v) is 10.0. The number of ether oxygens (including phenoxy) is 2. The van der Waals surface area contributed by atoms with Gasteiger partial charge in [-0.15, -0.1) is 0 Å². The van der Waals surface area contributed by atoms with Crippen molar-refractivity contribution in [3.8, 4) is 5.75 Å². The zero-order chi connectivity index (χ0) is 26.2. The smallest absolute Gasteiger partial charge is 0.274 e. The van der Waals surface area contributed by atoms with Crippen LogP contribution in [0.4, 0.5) is 18.9 Å². The summed E-state index contributed by atoms with van der Waals surface area (Å²) in [7, 11) is 3.27. The minimum absolute atomic E-state index is 0.223. The van der Waals surface area contributed by atoms with Crippen LogP contribution in [0.3, 0.4) is 0 Å². The zero-order valence-electron chi connectivity index (χ0n) is 21.0. The van der Waals surface area contributed by atoms with E-state index in [4.69, 9.17) is 9.47 Å². The minimum atomic E-state index is -3.14. The summed E-state index contributed by atoms with van der Waals surface area (Å²) < 4.78 is 57.3. The van der Waals surface area contributed by atoms with Gasteiger partial charge in [-0.2, -0.15) is 0 Å². The van der Waals surface area contributed by atoms with Crippen molar-refractivity contribution in [1.82, 2.24) is 0 Å². The van der Waals surface area contributed by atoms with Crippen LogP contribution in [0.25, 0.3) is 0 Å². The average molecular weight is 512 g/mol. The lowest BCUT2D eigenvalue weighted by Crippen LogP contribution is -2.39. The van der Waals surface area contributed by atoms with E-state index in [0.29, 0.717) is 11.1 Å². The molecule has 1 N–H and O–H groups in total. The maximum absolute atomic E-state index is 15.9. The Labute approximate surface area is 215 Å². The molecule has 7 heteroatoms. The van der Waals surface area contributed by atoms with Crippen LogP contribution in [0, 0.1) is 11.7 Å². The van der Waals surface area contributed by atoms with Crippen molar-refractivity contribution in [2.24, 2.45) is 5.92 Å². The molecule has 0 aromatic heterocycles. The van der Waals surface area contributed by atoms with E-state index in [-0.39, 0.29) is 23.5 Å². The van der Waals surface area contributed by atoms with Crippen molar-refractivity contribution < 1.29 is 27.8 Å². The van der Waals surface area contributed by atoms with Crippen molar-refractivity contribution in [1.29, 1.82) is 0 Å². The molecule has 1 aliphatic heterocycles. The standard InChI is InChI=1S/C30H32F3NO3/c1-36-29(37-2)20-12-14-34(15-13-20)21-8-10-24(27(31)16-21)28-23-11-9-22(35)17-26(23)30(32,33)18-25(28)19-6-4-3-5-7-19/h3-11,16-17,20,25,28-29,35H,12-15,18H2,1-2H3/t25-,28+/m1/s1. The summed E-state index contributed by atoms with van der Waals surface area (Å²) in [6, 6.07) is 18.3. The van der Waals surface area contributed by atoms with Gasteiger partial charge in [-0.3, -0.25) is 0 Å². The number of methoxy groups -OCH3 is 2. The maximum Gasteiger partial charge on any atom is 0.274 e. The molecule has 1 aliphatic carbocycles. The number of rotatable bonds is 6. The van der Waals surface area contributed by atoms with Crippen LogP contribution >= 0.6 is 0 Å².